The molecule has 0 aliphatic rings. The molecule has 0 unspecified atom stereocenters. The number of nitrogens with zero attached hydrogens (tertiary/aromatic N) is 1. The predicted octanol–water partition coefficient (Wildman–Crippen LogP) is 4.88. The highest BCUT2D eigenvalue weighted by atomic mass is 32.2. The number of unbranched alkanes of at least 4 members (excludes halogenated alkanes) is 1. The van der Waals surface area contributed by atoms with Crippen LogP contribution in [0, 0.1) is 13.8 Å². The van der Waals surface area contributed by atoms with Crippen LogP contribution >= 0.6 is 0 Å². The summed E-state index contributed by atoms with van der Waals surface area (Å²) in [6, 6.07) is 13.1. The SMILES string of the molecule is C/C=C/COc1cc(C)c(OCCCCS(=O)(=O)C/C(=N/OC)c2ccccc2)c(C)c1. The Bertz CT molecular complexity index is 991. The lowest BCUT2D eigenvalue weighted by atomic mass is 10.1. The van der Waals surface area contributed by atoms with Crippen molar-refractivity contribution in [3.8, 4) is 11.5 Å². The average Bonchev–Trinajstić information content (AvgIpc) is 2.75. The first-order valence-corrected chi connectivity index (χ1v) is 12.5. The van der Waals surface area contributed by atoms with E-state index in [2.05, 4.69) is 5.16 Å². The van der Waals surface area contributed by atoms with Crippen LogP contribution in [0.2, 0.25) is 0 Å². The topological polar surface area (TPSA) is 74.2 Å². The van der Waals surface area contributed by atoms with E-state index in [0.29, 0.717) is 31.8 Å². The van der Waals surface area contributed by atoms with Crippen LogP contribution in [0.5, 0.6) is 11.5 Å². The van der Waals surface area contributed by atoms with Gasteiger partial charge in [-0.1, -0.05) is 47.6 Å². The third kappa shape index (κ3) is 8.38. The van der Waals surface area contributed by atoms with Crippen LogP contribution in [0.25, 0.3) is 0 Å². The van der Waals surface area contributed by atoms with Crippen molar-refractivity contribution in [3.63, 3.8) is 0 Å². The van der Waals surface area contributed by atoms with Crippen LogP contribution in [-0.4, -0.2) is 46.0 Å². The molecule has 7 heteroatoms. The summed E-state index contributed by atoms with van der Waals surface area (Å²) < 4.78 is 36.8. The van der Waals surface area contributed by atoms with Gasteiger partial charge in [0, 0.05) is 5.56 Å². The number of allylic oxidation sites excluding steroid dienone is 1. The van der Waals surface area contributed by atoms with Gasteiger partial charge in [-0.25, -0.2) is 8.42 Å². The van der Waals surface area contributed by atoms with Crippen LogP contribution in [0.3, 0.4) is 0 Å². The first kappa shape index (κ1) is 25.5. The minimum atomic E-state index is -3.32. The lowest BCUT2D eigenvalue weighted by molar-refractivity contribution is 0.213. The Labute approximate surface area is 191 Å². The van der Waals surface area contributed by atoms with E-state index in [1.54, 1.807) is 0 Å². The third-order valence-electron chi connectivity index (χ3n) is 4.78. The highest BCUT2D eigenvalue weighted by molar-refractivity contribution is 7.92. The lowest BCUT2D eigenvalue weighted by Crippen LogP contribution is -2.20. The van der Waals surface area contributed by atoms with Crippen LogP contribution < -0.4 is 9.47 Å². The Balaban J connectivity index is 1.84. The Hall–Kier alpha value is -2.80. The van der Waals surface area contributed by atoms with E-state index in [9.17, 15) is 8.42 Å². The molecule has 0 fully saturated rings. The molecule has 174 valence electrons. The summed E-state index contributed by atoms with van der Waals surface area (Å²) >= 11 is 0. The molecule has 2 aromatic rings. The van der Waals surface area contributed by atoms with Gasteiger partial charge in [0.15, 0.2) is 9.84 Å². The fraction of sp³-hybridized carbons (Fsp3) is 0.400. The highest BCUT2D eigenvalue weighted by Gasteiger charge is 2.17. The van der Waals surface area contributed by atoms with E-state index >= 15 is 0 Å². The van der Waals surface area contributed by atoms with Crippen molar-refractivity contribution in [3.05, 3.63) is 71.3 Å². The molecular formula is C25H33NO5S. The second-order valence-electron chi connectivity index (χ2n) is 7.50. The van der Waals surface area contributed by atoms with Crippen LogP contribution in [0.1, 0.15) is 36.5 Å². The van der Waals surface area contributed by atoms with Crippen molar-refractivity contribution in [1.29, 1.82) is 0 Å². The van der Waals surface area contributed by atoms with E-state index < -0.39 is 9.84 Å². The molecule has 2 rings (SSSR count). The summed E-state index contributed by atoms with van der Waals surface area (Å²) in [5, 5.41) is 3.91. The van der Waals surface area contributed by atoms with Gasteiger partial charge in [0.1, 0.15) is 30.9 Å². The summed E-state index contributed by atoms with van der Waals surface area (Å²) in [6.45, 7) is 6.90. The molecule has 6 nitrogen and oxygen atoms in total. The number of hydrogen-bond donors (Lipinski definition) is 0. The van der Waals surface area contributed by atoms with E-state index in [4.69, 9.17) is 14.3 Å². The van der Waals surface area contributed by atoms with Crippen molar-refractivity contribution < 1.29 is 22.7 Å². The molecule has 0 saturated heterocycles. The molecular weight excluding hydrogens is 426 g/mol. The van der Waals surface area contributed by atoms with Gasteiger partial charge in [0.25, 0.3) is 0 Å². The summed E-state index contributed by atoms with van der Waals surface area (Å²) in [5.41, 5.74) is 3.14. The summed E-state index contributed by atoms with van der Waals surface area (Å²) in [4.78, 5) is 4.85. The number of sulfone groups is 1. The van der Waals surface area contributed by atoms with E-state index in [-0.39, 0.29) is 11.5 Å². The van der Waals surface area contributed by atoms with Crippen molar-refractivity contribution in [2.45, 2.75) is 33.6 Å². The fourth-order valence-electron chi connectivity index (χ4n) is 3.24. The smallest absolute Gasteiger partial charge is 0.156 e. The largest absolute Gasteiger partial charge is 0.493 e. The lowest BCUT2D eigenvalue weighted by Gasteiger charge is -2.14. The summed E-state index contributed by atoms with van der Waals surface area (Å²) in [5.74, 6) is 1.55. The molecule has 2 aromatic carbocycles. The molecule has 0 N–H and O–H groups in total. The number of oxime groups is 1. The monoisotopic (exact) mass is 459 g/mol. The van der Waals surface area contributed by atoms with Gasteiger partial charge < -0.3 is 14.3 Å². The Kier molecular flexibility index (Phi) is 10.3. The second-order valence-corrected chi connectivity index (χ2v) is 9.68. The van der Waals surface area contributed by atoms with Crippen LogP contribution in [0.4, 0.5) is 0 Å². The maximum absolute atomic E-state index is 12.6. The van der Waals surface area contributed by atoms with Crippen molar-refractivity contribution in [2.75, 3.05) is 31.8 Å². The zero-order valence-electron chi connectivity index (χ0n) is 19.3. The molecule has 0 radical (unpaired) electrons. The summed E-state index contributed by atoms with van der Waals surface area (Å²) in [7, 11) is -1.90. The molecule has 0 bridgehead atoms. The van der Waals surface area contributed by atoms with E-state index in [1.807, 2.05) is 75.4 Å². The molecule has 0 amide bonds. The zero-order chi connectivity index (χ0) is 23.4. The zero-order valence-corrected chi connectivity index (χ0v) is 20.2. The minimum Gasteiger partial charge on any atom is -0.493 e. The third-order valence-corrected chi connectivity index (χ3v) is 6.40. The van der Waals surface area contributed by atoms with E-state index in [1.165, 1.54) is 7.11 Å². The minimum absolute atomic E-state index is 0.0710. The van der Waals surface area contributed by atoms with Gasteiger partial charge >= 0.3 is 0 Å². The number of rotatable bonds is 13. The number of hydrogen-bond acceptors (Lipinski definition) is 6. The normalized spacial score (nSPS) is 12.2. The Morgan fingerprint density at radius 1 is 1.03 bits per heavy atom. The molecule has 32 heavy (non-hydrogen) atoms. The highest BCUT2D eigenvalue weighted by Crippen LogP contribution is 2.28. The van der Waals surface area contributed by atoms with Gasteiger partial charge in [0.05, 0.1) is 18.1 Å². The standard InChI is InChI=1S/C25H33NO5S/c1-5-6-14-30-23-17-20(2)25(21(3)18-23)31-15-10-11-16-32(27,28)19-24(26-29-4)22-12-8-7-9-13-22/h5-9,12-13,17-18H,10-11,14-16,19H2,1-4H3/b6-5+,26-24-. The van der Waals surface area contributed by atoms with Gasteiger partial charge in [-0.3, -0.25) is 0 Å². The van der Waals surface area contributed by atoms with Gasteiger partial charge in [-0.05, 0) is 56.9 Å². The molecule has 0 spiro atoms. The van der Waals surface area contributed by atoms with Crippen molar-refractivity contribution in [1.82, 2.24) is 0 Å². The Morgan fingerprint density at radius 3 is 2.34 bits per heavy atom. The predicted molar refractivity (Wildman–Crippen MR) is 130 cm³/mol. The van der Waals surface area contributed by atoms with Crippen molar-refractivity contribution in [2.24, 2.45) is 5.16 Å². The maximum Gasteiger partial charge on any atom is 0.156 e. The quantitative estimate of drug-likeness (QED) is 0.185. The summed E-state index contributed by atoms with van der Waals surface area (Å²) in [6.07, 6.45) is 5.05. The first-order chi connectivity index (χ1) is 15.4. The average molecular weight is 460 g/mol. The molecule has 0 heterocycles. The number of aryl methyl sites for hydroxylation is 2. The molecule has 0 aliphatic carbocycles. The molecule has 0 aromatic heterocycles. The van der Waals surface area contributed by atoms with Crippen LogP contribution in [-0.2, 0) is 14.7 Å². The van der Waals surface area contributed by atoms with Crippen LogP contribution in [0.15, 0.2) is 59.8 Å². The first-order valence-electron chi connectivity index (χ1n) is 10.7. The van der Waals surface area contributed by atoms with Gasteiger partial charge in [-0.2, -0.15) is 0 Å². The van der Waals surface area contributed by atoms with Crippen molar-refractivity contribution >= 4 is 15.5 Å². The molecule has 0 atom stereocenters. The molecule has 0 saturated carbocycles. The van der Waals surface area contributed by atoms with E-state index in [0.717, 1.165) is 28.2 Å². The van der Waals surface area contributed by atoms with Gasteiger partial charge in [0.2, 0.25) is 0 Å². The fourth-order valence-corrected chi connectivity index (χ4v) is 4.67. The second kappa shape index (κ2) is 12.9. The number of ether oxygens (including phenoxy) is 2. The molecule has 0 aliphatic heterocycles. The maximum atomic E-state index is 12.6. The van der Waals surface area contributed by atoms with Gasteiger partial charge in [-0.15, -0.1) is 0 Å². The number of benzene rings is 2. The Morgan fingerprint density at radius 2 is 1.72 bits per heavy atom.